The molecular formula is C14H18BrNO5. The standard InChI is InChI=1S/C14H18BrNO5/c1-14(2,3)21-13(19)16-6-7-20-11-8-9(12(17)18)4-5-10(11)15/h4-5,8H,6-7H2,1-3H3,(H,16,19)(H,17,18). The van der Waals surface area contributed by atoms with E-state index in [-0.39, 0.29) is 18.7 Å². The van der Waals surface area contributed by atoms with Gasteiger partial charge in [0, 0.05) is 0 Å². The van der Waals surface area contributed by atoms with Crippen molar-refractivity contribution in [3.05, 3.63) is 28.2 Å². The number of carbonyl (C=O) groups excluding carboxylic acids is 1. The molecule has 21 heavy (non-hydrogen) atoms. The van der Waals surface area contributed by atoms with Crippen molar-refractivity contribution in [3.63, 3.8) is 0 Å². The molecule has 1 amide bonds. The molecule has 0 aromatic heterocycles. The topological polar surface area (TPSA) is 84.9 Å². The molecule has 0 radical (unpaired) electrons. The number of alkyl carbamates (subject to hydrolysis) is 1. The van der Waals surface area contributed by atoms with Crippen LogP contribution in [0.1, 0.15) is 31.1 Å². The normalized spacial score (nSPS) is 10.9. The monoisotopic (exact) mass is 359 g/mol. The van der Waals surface area contributed by atoms with E-state index in [9.17, 15) is 9.59 Å². The second-order valence-electron chi connectivity index (χ2n) is 5.23. The van der Waals surface area contributed by atoms with Gasteiger partial charge in [0.25, 0.3) is 0 Å². The van der Waals surface area contributed by atoms with Crippen LogP contribution in [0.4, 0.5) is 4.79 Å². The molecule has 0 fully saturated rings. The minimum Gasteiger partial charge on any atom is -0.491 e. The van der Waals surface area contributed by atoms with E-state index in [1.54, 1.807) is 26.8 Å². The van der Waals surface area contributed by atoms with Crippen LogP contribution in [-0.2, 0) is 4.74 Å². The van der Waals surface area contributed by atoms with Gasteiger partial charge in [0.1, 0.15) is 18.0 Å². The van der Waals surface area contributed by atoms with Gasteiger partial charge in [0.2, 0.25) is 0 Å². The Labute approximate surface area is 131 Å². The van der Waals surface area contributed by atoms with Gasteiger partial charge in [0.05, 0.1) is 16.6 Å². The first-order valence-corrected chi connectivity index (χ1v) is 7.11. The van der Waals surface area contributed by atoms with Crippen molar-refractivity contribution < 1.29 is 24.2 Å². The van der Waals surface area contributed by atoms with Gasteiger partial charge in [-0.1, -0.05) is 0 Å². The second kappa shape index (κ2) is 7.31. The number of carbonyl (C=O) groups is 2. The molecule has 7 heteroatoms. The maximum atomic E-state index is 11.4. The van der Waals surface area contributed by atoms with Crippen LogP contribution in [0.2, 0.25) is 0 Å². The van der Waals surface area contributed by atoms with Gasteiger partial charge in [0.15, 0.2) is 0 Å². The van der Waals surface area contributed by atoms with E-state index < -0.39 is 17.7 Å². The van der Waals surface area contributed by atoms with Crippen molar-refractivity contribution in [2.75, 3.05) is 13.2 Å². The Morgan fingerprint density at radius 1 is 1.33 bits per heavy atom. The highest BCUT2D eigenvalue weighted by Gasteiger charge is 2.15. The molecule has 1 aromatic carbocycles. The quantitative estimate of drug-likeness (QED) is 0.789. The number of carboxylic acids is 1. The van der Waals surface area contributed by atoms with Gasteiger partial charge in [-0.05, 0) is 54.9 Å². The van der Waals surface area contributed by atoms with Crippen LogP contribution >= 0.6 is 15.9 Å². The van der Waals surface area contributed by atoms with Gasteiger partial charge in [-0.25, -0.2) is 9.59 Å². The highest BCUT2D eigenvalue weighted by Crippen LogP contribution is 2.26. The van der Waals surface area contributed by atoms with Gasteiger partial charge in [-0.3, -0.25) is 0 Å². The Hall–Kier alpha value is -1.76. The van der Waals surface area contributed by atoms with E-state index in [0.717, 1.165) is 0 Å². The Bertz CT molecular complexity index is 525. The highest BCUT2D eigenvalue weighted by atomic mass is 79.9. The van der Waals surface area contributed by atoms with Crippen molar-refractivity contribution >= 4 is 28.0 Å². The lowest BCUT2D eigenvalue weighted by molar-refractivity contribution is 0.0520. The van der Waals surface area contributed by atoms with Crippen LogP contribution in [0.5, 0.6) is 5.75 Å². The van der Waals surface area contributed by atoms with Crippen LogP contribution in [0, 0.1) is 0 Å². The average molecular weight is 360 g/mol. The van der Waals surface area contributed by atoms with E-state index >= 15 is 0 Å². The number of ether oxygens (including phenoxy) is 2. The summed E-state index contributed by atoms with van der Waals surface area (Å²) in [7, 11) is 0. The largest absolute Gasteiger partial charge is 0.491 e. The van der Waals surface area contributed by atoms with Gasteiger partial charge < -0.3 is 19.9 Å². The van der Waals surface area contributed by atoms with E-state index in [2.05, 4.69) is 21.2 Å². The number of hydrogen-bond donors (Lipinski definition) is 2. The first-order chi connectivity index (χ1) is 9.69. The summed E-state index contributed by atoms with van der Waals surface area (Å²) in [6.07, 6.45) is -0.524. The van der Waals surface area contributed by atoms with Crippen molar-refractivity contribution in [1.82, 2.24) is 5.32 Å². The van der Waals surface area contributed by atoms with Crippen molar-refractivity contribution in [2.24, 2.45) is 0 Å². The summed E-state index contributed by atoms with van der Waals surface area (Å²) in [5, 5.41) is 11.5. The van der Waals surface area contributed by atoms with E-state index in [0.29, 0.717) is 10.2 Å². The Morgan fingerprint density at radius 2 is 2.00 bits per heavy atom. The number of hydrogen-bond acceptors (Lipinski definition) is 4. The summed E-state index contributed by atoms with van der Waals surface area (Å²) in [6, 6.07) is 4.48. The molecule has 0 bridgehead atoms. The fourth-order valence-corrected chi connectivity index (χ4v) is 1.74. The number of carboxylic acid groups (broad SMARTS) is 1. The van der Waals surface area contributed by atoms with Crippen LogP contribution in [-0.4, -0.2) is 35.9 Å². The predicted octanol–water partition coefficient (Wildman–Crippen LogP) is 3.05. The molecular weight excluding hydrogens is 342 g/mol. The zero-order valence-electron chi connectivity index (χ0n) is 12.1. The van der Waals surface area contributed by atoms with E-state index in [1.807, 2.05) is 0 Å². The molecule has 6 nitrogen and oxygen atoms in total. The molecule has 0 unspecified atom stereocenters. The maximum Gasteiger partial charge on any atom is 0.407 e. The lowest BCUT2D eigenvalue weighted by Crippen LogP contribution is -2.34. The van der Waals surface area contributed by atoms with Crippen molar-refractivity contribution in [2.45, 2.75) is 26.4 Å². The first kappa shape index (κ1) is 17.3. The molecule has 0 aliphatic rings. The molecule has 1 aromatic rings. The third kappa shape index (κ3) is 6.48. The van der Waals surface area contributed by atoms with Crippen LogP contribution < -0.4 is 10.1 Å². The molecule has 0 atom stereocenters. The molecule has 0 aliphatic carbocycles. The molecule has 0 spiro atoms. The van der Waals surface area contributed by atoms with Crippen molar-refractivity contribution in [3.8, 4) is 5.75 Å². The second-order valence-corrected chi connectivity index (χ2v) is 6.08. The average Bonchev–Trinajstić information content (AvgIpc) is 2.34. The number of halogens is 1. The summed E-state index contributed by atoms with van der Waals surface area (Å²) in [5.41, 5.74) is -0.419. The smallest absolute Gasteiger partial charge is 0.407 e. The van der Waals surface area contributed by atoms with Crippen LogP contribution in [0.15, 0.2) is 22.7 Å². The number of amides is 1. The lowest BCUT2D eigenvalue weighted by atomic mass is 10.2. The van der Waals surface area contributed by atoms with Gasteiger partial charge in [-0.2, -0.15) is 0 Å². The highest BCUT2D eigenvalue weighted by molar-refractivity contribution is 9.10. The van der Waals surface area contributed by atoms with Crippen LogP contribution in [0.3, 0.4) is 0 Å². The number of aromatic carboxylic acids is 1. The Balaban J connectivity index is 2.44. The number of nitrogens with one attached hydrogen (secondary N) is 1. The Morgan fingerprint density at radius 3 is 2.57 bits per heavy atom. The Kier molecular flexibility index (Phi) is 6.02. The molecule has 0 saturated heterocycles. The minimum absolute atomic E-state index is 0.133. The molecule has 0 aliphatic heterocycles. The summed E-state index contributed by atoms with van der Waals surface area (Å²) >= 11 is 3.27. The van der Waals surface area contributed by atoms with Gasteiger partial charge >= 0.3 is 12.1 Å². The van der Waals surface area contributed by atoms with Gasteiger partial charge in [-0.15, -0.1) is 0 Å². The fourth-order valence-electron chi connectivity index (χ4n) is 1.38. The summed E-state index contributed by atoms with van der Waals surface area (Å²) < 4.78 is 11.1. The van der Waals surface area contributed by atoms with Crippen LogP contribution in [0.25, 0.3) is 0 Å². The predicted molar refractivity (Wildman–Crippen MR) is 80.8 cm³/mol. The molecule has 1 rings (SSSR count). The first-order valence-electron chi connectivity index (χ1n) is 6.31. The van der Waals surface area contributed by atoms with E-state index in [4.69, 9.17) is 14.6 Å². The third-order valence-corrected chi connectivity index (χ3v) is 2.86. The molecule has 0 heterocycles. The summed E-state index contributed by atoms with van der Waals surface area (Å²) in [6.45, 7) is 5.77. The lowest BCUT2D eigenvalue weighted by Gasteiger charge is -2.19. The molecule has 116 valence electrons. The maximum absolute atomic E-state index is 11.4. The third-order valence-electron chi connectivity index (χ3n) is 2.21. The van der Waals surface area contributed by atoms with Crippen molar-refractivity contribution in [1.29, 1.82) is 0 Å². The molecule has 2 N–H and O–H groups in total. The number of benzene rings is 1. The minimum atomic E-state index is -1.03. The molecule has 0 saturated carbocycles. The zero-order valence-corrected chi connectivity index (χ0v) is 13.7. The summed E-state index contributed by atoms with van der Waals surface area (Å²) in [5.74, 6) is -0.625. The zero-order chi connectivity index (χ0) is 16.0. The fraction of sp³-hybridized carbons (Fsp3) is 0.429. The summed E-state index contributed by atoms with van der Waals surface area (Å²) in [4.78, 5) is 22.3. The SMILES string of the molecule is CC(C)(C)OC(=O)NCCOc1cc(C(=O)O)ccc1Br. The number of rotatable bonds is 5. The van der Waals surface area contributed by atoms with E-state index in [1.165, 1.54) is 12.1 Å².